The minimum absolute atomic E-state index is 0.196. The molecule has 2 aromatic carbocycles. The predicted molar refractivity (Wildman–Crippen MR) is 101 cm³/mol. The summed E-state index contributed by atoms with van der Waals surface area (Å²) in [4.78, 5) is 12.0. The molecule has 0 aliphatic carbocycles. The van der Waals surface area contributed by atoms with Gasteiger partial charge in [0.15, 0.2) is 10.8 Å². The molecule has 0 saturated carbocycles. The molecule has 4 aromatic rings. The summed E-state index contributed by atoms with van der Waals surface area (Å²) in [6.07, 6.45) is 0.249. The normalized spacial score (nSPS) is 11.1. The average Bonchev–Trinajstić information content (AvgIpc) is 3.07. The van der Waals surface area contributed by atoms with E-state index in [0.717, 1.165) is 21.7 Å². The van der Waals surface area contributed by atoms with Crippen LogP contribution >= 0.6 is 11.8 Å². The Balaban J connectivity index is 1.46. The van der Waals surface area contributed by atoms with Gasteiger partial charge in [0.05, 0.1) is 11.2 Å². The number of fused-ring (bicyclic) bond motifs is 3. The minimum Gasteiger partial charge on any atom is -0.324 e. The fourth-order valence-electron chi connectivity index (χ4n) is 2.72. The number of hydrogen-bond acceptors (Lipinski definition) is 4. The van der Waals surface area contributed by atoms with Crippen LogP contribution < -0.4 is 5.32 Å². The van der Waals surface area contributed by atoms with Crippen molar-refractivity contribution in [1.29, 1.82) is 0 Å². The first-order valence-corrected chi connectivity index (χ1v) is 9.11. The minimum atomic E-state index is -0.441. The highest BCUT2D eigenvalue weighted by molar-refractivity contribution is 7.99. The molecule has 1 amide bonds. The lowest BCUT2D eigenvalue weighted by Gasteiger charge is -2.06. The van der Waals surface area contributed by atoms with Crippen LogP contribution in [0.15, 0.2) is 65.8 Å². The van der Waals surface area contributed by atoms with E-state index >= 15 is 0 Å². The van der Waals surface area contributed by atoms with E-state index in [4.69, 9.17) is 0 Å². The van der Waals surface area contributed by atoms with Crippen molar-refractivity contribution in [2.45, 2.75) is 11.6 Å². The maximum atomic E-state index is 13.6. The van der Waals surface area contributed by atoms with Gasteiger partial charge in [-0.2, -0.15) is 0 Å². The molecule has 0 bridgehead atoms. The van der Waals surface area contributed by atoms with Crippen molar-refractivity contribution in [2.75, 3.05) is 11.1 Å². The number of thioether (sulfide) groups is 1. The van der Waals surface area contributed by atoms with Crippen LogP contribution in [0.5, 0.6) is 0 Å². The lowest BCUT2D eigenvalue weighted by Crippen LogP contribution is -2.13. The highest BCUT2D eigenvalue weighted by atomic mass is 32.2. The van der Waals surface area contributed by atoms with Gasteiger partial charge < -0.3 is 5.32 Å². The third-order valence-electron chi connectivity index (χ3n) is 3.96. The Morgan fingerprint density at radius 3 is 2.73 bits per heavy atom. The number of carbonyl (C=O) groups is 1. The second-order valence-electron chi connectivity index (χ2n) is 5.69. The molecule has 0 unspecified atom stereocenters. The molecule has 0 aliphatic heterocycles. The summed E-state index contributed by atoms with van der Waals surface area (Å²) in [5.74, 6) is -0.158. The van der Waals surface area contributed by atoms with Crippen molar-refractivity contribution >= 4 is 39.9 Å². The van der Waals surface area contributed by atoms with E-state index in [1.807, 2.05) is 40.8 Å². The Morgan fingerprint density at radius 1 is 1.04 bits per heavy atom. The molecule has 0 fully saturated rings. The molecule has 26 heavy (non-hydrogen) atoms. The lowest BCUT2D eigenvalue weighted by molar-refractivity contribution is -0.115. The van der Waals surface area contributed by atoms with Gasteiger partial charge >= 0.3 is 0 Å². The number of anilines is 1. The van der Waals surface area contributed by atoms with E-state index in [9.17, 15) is 9.18 Å². The van der Waals surface area contributed by atoms with Gasteiger partial charge in [0, 0.05) is 12.2 Å². The van der Waals surface area contributed by atoms with Gasteiger partial charge in [-0.05, 0) is 35.7 Å². The molecular weight excluding hydrogens is 351 g/mol. The molecule has 0 atom stereocenters. The van der Waals surface area contributed by atoms with Crippen molar-refractivity contribution in [3.05, 3.63) is 66.5 Å². The molecule has 2 aromatic heterocycles. The van der Waals surface area contributed by atoms with Crippen LogP contribution in [-0.4, -0.2) is 26.3 Å². The van der Waals surface area contributed by atoms with Crippen molar-refractivity contribution in [1.82, 2.24) is 14.6 Å². The van der Waals surface area contributed by atoms with E-state index in [0.29, 0.717) is 5.75 Å². The molecular formula is C19H15FN4OS. The molecule has 0 radical (unpaired) electrons. The lowest BCUT2D eigenvalue weighted by atomic mass is 10.2. The van der Waals surface area contributed by atoms with Crippen molar-refractivity contribution in [3.63, 3.8) is 0 Å². The van der Waals surface area contributed by atoms with E-state index in [1.165, 1.54) is 17.8 Å². The molecule has 0 saturated heterocycles. The van der Waals surface area contributed by atoms with Crippen LogP contribution in [0.25, 0.3) is 16.6 Å². The Hall–Kier alpha value is -2.93. The standard InChI is InChI=1S/C19H15FN4OS/c20-14-6-2-3-7-15(14)21-18(25)11-12-26-19-23-22-17-10-9-13-5-1-4-8-16(13)24(17)19/h1-10H,11-12H2,(H,21,25). The van der Waals surface area contributed by atoms with Crippen LogP contribution in [0.2, 0.25) is 0 Å². The van der Waals surface area contributed by atoms with Crippen LogP contribution in [-0.2, 0) is 4.79 Å². The number of nitrogens with zero attached hydrogens (tertiary/aromatic N) is 3. The molecule has 5 nitrogen and oxygen atoms in total. The predicted octanol–water partition coefficient (Wildman–Crippen LogP) is 4.14. The van der Waals surface area contributed by atoms with Gasteiger partial charge in [-0.3, -0.25) is 9.20 Å². The Labute approximate surface area is 153 Å². The van der Waals surface area contributed by atoms with Crippen LogP contribution in [0.1, 0.15) is 6.42 Å². The molecule has 0 spiro atoms. The Kier molecular flexibility index (Phi) is 4.53. The van der Waals surface area contributed by atoms with E-state index in [2.05, 4.69) is 15.5 Å². The fourth-order valence-corrected chi connectivity index (χ4v) is 3.61. The SMILES string of the molecule is O=C(CCSc1nnc2ccc3ccccc3n12)Nc1ccccc1F. The van der Waals surface area contributed by atoms with Crippen molar-refractivity contribution in [3.8, 4) is 0 Å². The molecule has 2 heterocycles. The molecule has 4 rings (SSSR count). The molecule has 1 N–H and O–H groups in total. The number of benzene rings is 2. The van der Waals surface area contributed by atoms with E-state index in [-0.39, 0.29) is 18.0 Å². The molecule has 0 aliphatic rings. The van der Waals surface area contributed by atoms with Crippen LogP contribution in [0, 0.1) is 5.82 Å². The van der Waals surface area contributed by atoms with Crippen LogP contribution in [0.3, 0.4) is 0 Å². The first-order chi connectivity index (χ1) is 12.7. The second-order valence-corrected chi connectivity index (χ2v) is 6.76. The average molecular weight is 366 g/mol. The smallest absolute Gasteiger partial charge is 0.225 e. The van der Waals surface area contributed by atoms with Crippen molar-refractivity contribution in [2.24, 2.45) is 0 Å². The number of para-hydroxylation sites is 2. The van der Waals surface area contributed by atoms with E-state index < -0.39 is 5.82 Å². The molecule has 7 heteroatoms. The summed E-state index contributed by atoms with van der Waals surface area (Å²) < 4.78 is 15.6. The largest absolute Gasteiger partial charge is 0.324 e. The van der Waals surface area contributed by atoms with Gasteiger partial charge in [-0.25, -0.2) is 4.39 Å². The summed E-state index contributed by atoms with van der Waals surface area (Å²) in [6, 6.07) is 18.1. The summed E-state index contributed by atoms with van der Waals surface area (Å²) in [5.41, 5.74) is 1.98. The fraction of sp³-hybridized carbons (Fsp3) is 0.105. The number of aromatic nitrogens is 3. The first kappa shape index (κ1) is 16.5. The quantitative estimate of drug-likeness (QED) is 0.539. The van der Waals surface area contributed by atoms with Gasteiger partial charge in [0.2, 0.25) is 5.91 Å². The number of hydrogen-bond donors (Lipinski definition) is 1. The zero-order chi connectivity index (χ0) is 17.9. The number of rotatable bonds is 5. The number of halogens is 1. The Bertz CT molecular complexity index is 1100. The first-order valence-electron chi connectivity index (χ1n) is 8.12. The third-order valence-corrected chi connectivity index (χ3v) is 4.89. The second kappa shape index (κ2) is 7.13. The topological polar surface area (TPSA) is 59.3 Å². The summed E-state index contributed by atoms with van der Waals surface area (Å²) in [6.45, 7) is 0. The van der Waals surface area contributed by atoms with E-state index in [1.54, 1.807) is 18.2 Å². The highest BCUT2D eigenvalue weighted by Gasteiger charge is 2.11. The summed E-state index contributed by atoms with van der Waals surface area (Å²) >= 11 is 1.45. The van der Waals surface area contributed by atoms with Gasteiger partial charge in [0.25, 0.3) is 0 Å². The van der Waals surface area contributed by atoms with Gasteiger partial charge in [-0.1, -0.05) is 42.1 Å². The highest BCUT2D eigenvalue weighted by Crippen LogP contribution is 2.23. The monoisotopic (exact) mass is 366 g/mol. The summed E-state index contributed by atoms with van der Waals surface area (Å²) in [5, 5.41) is 12.8. The summed E-state index contributed by atoms with van der Waals surface area (Å²) in [7, 11) is 0. The Morgan fingerprint density at radius 2 is 1.85 bits per heavy atom. The number of amides is 1. The zero-order valence-corrected chi connectivity index (χ0v) is 14.5. The zero-order valence-electron chi connectivity index (χ0n) is 13.7. The number of carbonyl (C=O) groups excluding carboxylic acids is 1. The molecule has 130 valence electrons. The maximum absolute atomic E-state index is 13.6. The number of pyridine rings is 1. The van der Waals surface area contributed by atoms with Crippen LogP contribution in [0.4, 0.5) is 10.1 Å². The number of nitrogens with one attached hydrogen (secondary N) is 1. The van der Waals surface area contributed by atoms with Gasteiger partial charge in [0.1, 0.15) is 5.82 Å². The van der Waals surface area contributed by atoms with Crippen molar-refractivity contribution < 1.29 is 9.18 Å². The maximum Gasteiger partial charge on any atom is 0.225 e. The third kappa shape index (κ3) is 3.25. The van der Waals surface area contributed by atoms with Gasteiger partial charge in [-0.15, -0.1) is 10.2 Å².